The molecule has 0 radical (unpaired) electrons. The molecule has 0 fully saturated rings. The summed E-state index contributed by atoms with van der Waals surface area (Å²) in [5.74, 6) is 2.81. The fourth-order valence-electron chi connectivity index (χ4n) is 0.457. The summed E-state index contributed by atoms with van der Waals surface area (Å²) in [4.78, 5) is 19.2. The van der Waals surface area contributed by atoms with E-state index >= 15 is 0 Å². The molecule has 1 unspecified atom stereocenters. The van der Waals surface area contributed by atoms with Crippen molar-refractivity contribution in [3.8, 4) is 12.3 Å². The number of carbonyl (C=O) groups excluding carboxylic acids is 1. The van der Waals surface area contributed by atoms with Crippen molar-refractivity contribution in [1.82, 2.24) is 0 Å². The third-order valence-corrected chi connectivity index (χ3v) is 1.92. The van der Waals surface area contributed by atoms with Gasteiger partial charge < -0.3 is 5.73 Å². The van der Waals surface area contributed by atoms with Crippen LogP contribution in [0.1, 0.15) is 0 Å². The first-order valence-corrected chi connectivity index (χ1v) is 4.39. The molecule has 4 nitrogen and oxygen atoms in total. The van der Waals surface area contributed by atoms with E-state index in [1.54, 1.807) is 0 Å². The molecule has 0 bridgehead atoms. The maximum atomic E-state index is 10.8. The highest BCUT2D eigenvalue weighted by molar-refractivity contribution is 7.99. The number of terminal acetylenes is 1. The standard InChI is InChI=1S/C7H11NO3S/c1-3-4-12-5-6(8)7(9)11-10-2/h1,6H,4-5,8H2,2H3. The number of thioether (sulfide) groups is 1. The molecule has 0 aliphatic heterocycles. The number of hydrogen-bond donors (Lipinski definition) is 1. The molecule has 0 aliphatic carbocycles. The fourth-order valence-corrected chi connectivity index (χ4v) is 1.08. The van der Waals surface area contributed by atoms with Gasteiger partial charge in [-0.25, -0.2) is 4.79 Å². The molecule has 12 heavy (non-hydrogen) atoms. The van der Waals surface area contributed by atoms with Crippen LogP contribution < -0.4 is 5.73 Å². The van der Waals surface area contributed by atoms with E-state index in [1.807, 2.05) is 0 Å². The van der Waals surface area contributed by atoms with Gasteiger partial charge in [0.2, 0.25) is 0 Å². The molecule has 1 atom stereocenters. The summed E-state index contributed by atoms with van der Waals surface area (Å²) in [5, 5.41) is 0. The van der Waals surface area contributed by atoms with Crippen molar-refractivity contribution >= 4 is 17.7 Å². The molecule has 0 saturated carbocycles. The summed E-state index contributed by atoms with van der Waals surface area (Å²) < 4.78 is 0. The highest BCUT2D eigenvalue weighted by Gasteiger charge is 2.14. The normalized spacial score (nSPS) is 11.8. The third-order valence-electron chi connectivity index (χ3n) is 0.951. The Morgan fingerprint density at radius 3 is 3.00 bits per heavy atom. The van der Waals surface area contributed by atoms with Crippen LogP contribution in [0.15, 0.2) is 0 Å². The van der Waals surface area contributed by atoms with Crippen molar-refractivity contribution < 1.29 is 14.6 Å². The lowest BCUT2D eigenvalue weighted by Gasteiger charge is -2.06. The zero-order valence-electron chi connectivity index (χ0n) is 6.78. The molecule has 0 rings (SSSR count). The van der Waals surface area contributed by atoms with Crippen LogP contribution in [0.5, 0.6) is 0 Å². The van der Waals surface area contributed by atoms with Crippen LogP contribution in [-0.4, -0.2) is 30.6 Å². The Morgan fingerprint density at radius 1 is 1.83 bits per heavy atom. The largest absolute Gasteiger partial charge is 0.359 e. The molecule has 0 saturated heterocycles. The Balaban J connectivity index is 3.51. The Labute approximate surface area is 75.7 Å². The lowest BCUT2D eigenvalue weighted by Crippen LogP contribution is -2.34. The van der Waals surface area contributed by atoms with E-state index in [9.17, 15) is 4.79 Å². The average molecular weight is 189 g/mol. The first-order valence-electron chi connectivity index (χ1n) is 3.23. The van der Waals surface area contributed by atoms with Gasteiger partial charge in [0.15, 0.2) is 0 Å². The van der Waals surface area contributed by atoms with Gasteiger partial charge in [0, 0.05) is 5.75 Å². The molecular formula is C7H11NO3S. The first kappa shape index (κ1) is 11.3. The van der Waals surface area contributed by atoms with Crippen LogP contribution in [-0.2, 0) is 14.6 Å². The van der Waals surface area contributed by atoms with Crippen molar-refractivity contribution in [2.75, 3.05) is 18.6 Å². The molecule has 2 N–H and O–H groups in total. The maximum absolute atomic E-state index is 10.8. The number of hydrogen-bond acceptors (Lipinski definition) is 5. The SMILES string of the molecule is C#CCSCC(N)C(=O)OOC. The molecular weight excluding hydrogens is 178 g/mol. The van der Waals surface area contributed by atoms with Crippen LogP contribution in [0, 0.1) is 12.3 Å². The van der Waals surface area contributed by atoms with Gasteiger partial charge in [0.05, 0.1) is 12.9 Å². The minimum Gasteiger partial charge on any atom is -0.318 e. The van der Waals surface area contributed by atoms with Gasteiger partial charge in [-0.3, -0.25) is 4.89 Å². The molecule has 5 heteroatoms. The maximum Gasteiger partial charge on any atom is 0.359 e. The van der Waals surface area contributed by atoms with Gasteiger partial charge in [-0.1, -0.05) is 5.92 Å². The Hall–Kier alpha value is -0.700. The van der Waals surface area contributed by atoms with E-state index in [0.717, 1.165) is 0 Å². The van der Waals surface area contributed by atoms with E-state index < -0.39 is 12.0 Å². The minimum atomic E-state index is -0.678. The molecule has 0 aromatic rings. The van der Waals surface area contributed by atoms with Gasteiger partial charge >= 0.3 is 5.97 Å². The zero-order valence-corrected chi connectivity index (χ0v) is 7.60. The van der Waals surface area contributed by atoms with Crippen molar-refractivity contribution in [2.45, 2.75) is 6.04 Å². The Kier molecular flexibility index (Phi) is 6.57. The predicted molar refractivity (Wildman–Crippen MR) is 47.2 cm³/mol. The van der Waals surface area contributed by atoms with Gasteiger partial charge in [0.1, 0.15) is 6.04 Å². The lowest BCUT2D eigenvalue weighted by atomic mass is 10.4. The average Bonchev–Trinajstić information content (AvgIpc) is 2.05. The number of rotatable bonds is 5. The molecule has 0 aliphatic rings. The molecule has 68 valence electrons. The van der Waals surface area contributed by atoms with Gasteiger partial charge in [-0.05, 0) is 0 Å². The van der Waals surface area contributed by atoms with Crippen molar-refractivity contribution in [3.63, 3.8) is 0 Å². The molecule has 0 spiro atoms. The summed E-state index contributed by atoms with van der Waals surface area (Å²) >= 11 is 1.40. The Bertz CT molecular complexity index is 178. The minimum absolute atomic E-state index is 0.437. The van der Waals surface area contributed by atoms with Crippen molar-refractivity contribution in [1.29, 1.82) is 0 Å². The molecule has 0 heterocycles. The van der Waals surface area contributed by atoms with Gasteiger partial charge in [-0.2, -0.15) is 4.89 Å². The van der Waals surface area contributed by atoms with E-state index in [1.165, 1.54) is 18.9 Å². The highest BCUT2D eigenvalue weighted by atomic mass is 32.2. The zero-order chi connectivity index (χ0) is 9.40. The molecule has 0 amide bonds. The highest BCUT2D eigenvalue weighted by Crippen LogP contribution is 2.01. The van der Waals surface area contributed by atoms with Crippen molar-refractivity contribution in [2.24, 2.45) is 5.73 Å². The van der Waals surface area contributed by atoms with E-state index in [0.29, 0.717) is 11.5 Å². The van der Waals surface area contributed by atoms with E-state index in [2.05, 4.69) is 15.7 Å². The van der Waals surface area contributed by atoms with Gasteiger partial charge in [0.25, 0.3) is 0 Å². The monoisotopic (exact) mass is 189 g/mol. The molecule has 0 aromatic heterocycles. The first-order chi connectivity index (χ1) is 5.72. The fraction of sp³-hybridized carbons (Fsp3) is 0.571. The second-order valence-electron chi connectivity index (χ2n) is 1.89. The summed E-state index contributed by atoms with van der Waals surface area (Å²) in [6.45, 7) is 0. The second kappa shape index (κ2) is 6.98. The van der Waals surface area contributed by atoms with Crippen LogP contribution in [0.2, 0.25) is 0 Å². The Morgan fingerprint density at radius 2 is 2.50 bits per heavy atom. The van der Waals surface area contributed by atoms with Crippen LogP contribution in [0.4, 0.5) is 0 Å². The number of nitrogens with two attached hydrogens (primary N) is 1. The van der Waals surface area contributed by atoms with Crippen LogP contribution in [0.25, 0.3) is 0 Å². The van der Waals surface area contributed by atoms with E-state index in [-0.39, 0.29) is 0 Å². The summed E-state index contributed by atoms with van der Waals surface area (Å²) in [6, 6.07) is -0.678. The van der Waals surface area contributed by atoms with Crippen LogP contribution in [0.3, 0.4) is 0 Å². The van der Waals surface area contributed by atoms with Crippen LogP contribution >= 0.6 is 11.8 Å². The lowest BCUT2D eigenvalue weighted by molar-refractivity contribution is -0.255. The second-order valence-corrected chi connectivity index (χ2v) is 2.93. The van der Waals surface area contributed by atoms with Crippen molar-refractivity contribution in [3.05, 3.63) is 0 Å². The summed E-state index contributed by atoms with van der Waals surface area (Å²) in [5.41, 5.74) is 5.40. The summed E-state index contributed by atoms with van der Waals surface area (Å²) in [6.07, 6.45) is 5.00. The molecule has 0 aromatic carbocycles. The van der Waals surface area contributed by atoms with Gasteiger partial charge in [-0.15, -0.1) is 18.2 Å². The summed E-state index contributed by atoms with van der Waals surface area (Å²) in [7, 11) is 1.25. The number of carbonyl (C=O) groups is 1. The quantitative estimate of drug-likeness (QED) is 0.280. The third kappa shape index (κ3) is 5.02. The predicted octanol–water partition coefficient (Wildman–Crippen LogP) is -0.215. The topological polar surface area (TPSA) is 61.6 Å². The smallest absolute Gasteiger partial charge is 0.318 e. The van der Waals surface area contributed by atoms with E-state index in [4.69, 9.17) is 12.2 Å².